The van der Waals surface area contributed by atoms with E-state index < -0.39 is 5.97 Å². The Morgan fingerprint density at radius 1 is 1.36 bits per heavy atom. The standard InChI is InChI=1S/C19H27N3O3/c1-3-8-22-13-19(11-16(22)18(24)25)5-9-21(10-6-19)17(23)15-12-20-7-4-14(15)2/h4,7,12,16H,3,5-6,8-11,13H2,1-2H3,(H,24,25)/t16-/m1/s1. The van der Waals surface area contributed by atoms with Gasteiger partial charge in [0.25, 0.3) is 5.91 Å². The molecule has 1 atom stereocenters. The number of carboxylic acids is 1. The number of carboxylic acid groups (broad SMARTS) is 1. The van der Waals surface area contributed by atoms with Gasteiger partial charge >= 0.3 is 5.97 Å². The Morgan fingerprint density at radius 2 is 2.08 bits per heavy atom. The van der Waals surface area contributed by atoms with E-state index in [1.165, 1.54) is 0 Å². The number of carbonyl (C=O) groups is 2. The summed E-state index contributed by atoms with van der Waals surface area (Å²) < 4.78 is 0. The van der Waals surface area contributed by atoms with Crippen LogP contribution >= 0.6 is 0 Å². The Hall–Kier alpha value is -1.95. The van der Waals surface area contributed by atoms with E-state index in [-0.39, 0.29) is 17.4 Å². The van der Waals surface area contributed by atoms with Crippen LogP contribution in [0.15, 0.2) is 18.5 Å². The lowest BCUT2D eigenvalue weighted by molar-refractivity contribution is -0.142. The van der Waals surface area contributed by atoms with Crippen molar-refractivity contribution in [3.63, 3.8) is 0 Å². The van der Waals surface area contributed by atoms with E-state index in [1.807, 2.05) is 17.9 Å². The van der Waals surface area contributed by atoms with Crippen LogP contribution in [0.25, 0.3) is 0 Å². The van der Waals surface area contributed by atoms with E-state index in [0.717, 1.165) is 37.9 Å². The number of rotatable bonds is 4. The van der Waals surface area contributed by atoms with E-state index in [9.17, 15) is 14.7 Å². The smallest absolute Gasteiger partial charge is 0.320 e. The summed E-state index contributed by atoms with van der Waals surface area (Å²) in [6, 6.07) is 1.48. The fraction of sp³-hybridized carbons (Fsp3) is 0.632. The minimum atomic E-state index is -0.713. The lowest BCUT2D eigenvalue weighted by atomic mass is 9.76. The van der Waals surface area contributed by atoms with Gasteiger partial charge in [-0.2, -0.15) is 0 Å². The van der Waals surface area contributed by atoms with E-state index in [2.05, 4.69) is 16.8 Å². The highest BCUT2D eigenvalue weighted by molar-refractivity contribution is 5.95. The maximum Gasteiger partial charge on any atom is 0.320 e. The fourth-order valence-electron chi connectivity index (χ4n) is 4.32. The average Bonchev–Trinajstić information content (AvgIpc) is 2.94. The molecule has 1 aromatic rings. The number of piperidine rings is 1. The third kappa shape index (κ3) is 3.54. The molecule has 0 aromatic carbocycles. The molecule has 0 bridgehead atoms. The summed E-state index contributed by atoms with van der Waals surface area (Å²) in [5.41, 5.74) is 1.65. The maximum absolute atomic E-state index is 12.7. The number of nitrogens with zero attached hydrogens (tertiary/aromatic N) is 3. The first-order chi connectivity index (χ1) is 12.0. The molecule has 3 heterocycles. The van der Waals surface area contributed by atoms with Gasteiger partial charge in [0.15, 0.2) is 0 Å². The van der Waals surface area contributed by atoms with Crippen molar-refractivity contribution in [3.05, 3.63) is 29.6 Å². The molecule has 2 aliphatic rings. The molecule has 0 radical (unpaired) electrons. The zero-order chi connectivity index (χ0) is 18.0. The Bertz CT molecular complexity index is 653. The first-order valence-electron chi connectivity index (χ1n) is 9.12. The van der Waals surface area contributed by atoms with Crippen LogP contribution in [-0.4, -0.2) is 64.0 Å². The molecular formula is C19H27N3O3. The minimum absolute atomic E-state index is 0.0404. The van der Waals surface area contributed by atoms with Gasteiger partial charge in [-0.05, 0) is 56.2 Å². The number of amides is 1. The molecule has 1 spiro atoms. The van der Waals surface area contributed by atoms with E-state index >= 15 is 0 Å². The molecule has 2 saturated heterocycles. The van der Waals surface area contributed by atoms with Crippen LogP contribution in [0.1, 0.15) is 48.5 Å². The molecule has 1 aromatic heterocycles. The summed E-state index contributed by atoms with van der Waals surface area (Å²) in [6.45, 7) is 7.07. The van der Waals surface area contributed by atoms with Crippen LogP contribution < -0.4 is 0 Å². The van der Waals surface area contributed by atoms with Crippen molar-refractivity contribution in [1.29, 1.82) is 0 Å². The van der Waals surface area contributed by atoms with Crippen molar-refractivity contribution in [2.75, 3.05) is 26.2 Å². The number of aliphatic carboxylic acids is 1. The zero-order valence-electron chi connectivity index (χ0n) is 15.1. The number of pyridine rings is 1. The quantitative estimate of drug-likeness (QED) is 0.905. The molecule has 0 aliphatic carbocycles. The normalized spacial score (nSPS) is 23.1. The van der Waals surface area contributed by atoms with Gasteiger partial charge in [-0.1, -0.05) is 6.92 Å². The van der Waals surface area contributed by atoms with Crippen molar-refractivity contribution in [3.8, 4) is 0 Å². The van der Waals surface area contributed by atoms with Crippen LogP contribution in [0.2, 0.25) is 0 Å². The van der Waals surface area contributed by atoms with E-state index in [1.54, 1.807) is 12.4 Å². The maximum atomic E-state index is 12.7. The highest BCUT2D eigenvalue weighted by Gasteiger charge is 2.48. The molecule has 6 nitrogen and oxygen atoms in total. The predicted molar refractivity (Wildman–Crippen MR) is 94.4 cm³/mol. The first kappa shape index (κ1) is 17.9. The van der Waals surface area contributed by atoms with Crippen LogP contribution in [0.5, 0.6) is 0 Å². The number of hydrogen-bond donors (Lipinski definition) is 1. The summed E-state index contributed by atoms with van der Waals surface area (Å²) in [6.07, 6.45) is 6.76. The van der Waals surface area contributed by atoms with E-state index in [0.29, 0.717) is 25.1 Å². The molecule has 25 heavy (non-hydrogen) atoms. The largest absolute Gasteiger partial charge is 0.480 e. The van der Waals surface area contributed by atoms with Crippen molar-refractivity contribution < 1.29 is 14.7 Å². The van der Waals surface area contributed by atoms with Gasteiger partial charge in [0, 0.05) is 32.0 Å². The average molecular weight is 345 g/mol. The van der Waals surface area contributed by atoms with Crippen LogP contribution in [0.4, 0.5) is 0 Å². The summed E-state index contributed by atoms with van der Waals surface area (Å²) in [5, 5.41) is 9.53. The second-order valence-electron chi connectivity index (χ2n) is 7.51. The monoisotopic (exact) mass is 345 g/mol. The van der Waals surface area contributed by atoms with Gasteiger partial charge in [0.05, 0.1) is 5.56 Å². The van der Waals surface area contributed by atoms with E-state index in [4.69, 9.17) is 0 Å². The molecule has 1 amide bonds. The van der Waals surface area contributed by atoms with Gasteiger partial charge in [-0.3, -0.25) is 19.5 Å². The van der Waals surface area contributed by atoms with Crippen molar-refractivity contribution in [2.24, 2.45) is 5.41 Å². The van der Waals surface area contributed by atoms with Gasteiger partial charge in [0.1, 0.15) is 6.04 Å². The van der Waals surface area contributed by atoms with Crippen LogP contribution in [0, 0.1) is 12.3 Å². The summed E-state index contributed by atoms with van der Waals surface area (Å²) in [4.78, 5) is 32.4. The summed E-state index contributed by atoms with van der Waals surface area (Å²) >= 11 is 0. The van der Waals surface area contributed by atoms with Crippen LogP contribution in [0.3, 0.4) is 0 Å². The molecule has 6 heteroatoms. The Kier molecular flexibility index (Phi) is 5.08. The number of aryl methyl sites for hydroxylation is 1. The van der Waals surface area contributed by atoms with Gasteiger partial charge in [0.2, 0.25) is 0 Å². The lowest BCUT2D eigenvalue weighted by Crippen LogP contribution is -2.44. The highest BCUT2D eigenvalue weighted by Crippen LogP contribution is 2.43. The van der Waals surface area contributed by atoms with Gasteiger partial charge < -0.3 is 10.0 Å². The molecule has 2 fully saturated rings. The second kappa shape index (κ2) is 7.12. The van der Waals surface area contributed by atoms with Crippen molar-refractivity contribution in [2.45, 2.75) is 45.6 Å². The molecular weight excluding hydrogens is 318 g/mol. The zero-order valence-corrected chi connectivity index (χ0v) is 15.1. The Morgan fingerprint density at radius 3 is 2.68 bits per heavy atom. The molecule has 136 valence electrons. The summed E-state index contributed by atoms with van der Waals surface area (Å²) in [5.74, 6) is -0.673. The minimum Gasteiger partial charge on any atom is -0.480 e. The second-order valence-corrected chi connectivity index (χ2v) is 7.51. The number of hydrogen-bond acceptors (Lipinski definition) is 4. The Balaban J connectivity index is 1.66. The topological polar surface area (TPSA) is 73.7 Å². The first-order valence-corrected chi connectivity index (χ1v) is 9.12. The summed E-state index contributed by atoms with van der Waals surface area (Å²) in [7, 11) is 0. The SMILES string of the molecule is CCCN1CC2(CCN(C(=O)c3cnccc3C)CC2)C[C@@H]1C(=O)O. The fourth-order valence-corrected chi connectivity index (χ4v) is 4.32. The Labute approximate surface area is 148 Å². The number of likely N-dealkylation sites (tertiary alicyclic amines) is 2. The third-order valence-corrected chi connectivity index (χ3v) is 5.78. The molecule has 0 saturated carbocycles. The number of aromatic nitrogens is 1. The molecule has 2 aliphatic heterocycles. The molecule has 0 unspecified atom stereocenters. The lowest BCUT2D eigenvalue weighted by Gasteiger charge is -2.39. The molecule has 3 rings (SSSR count). The highest BCUT2D eigenvalue weighted by atomic mass is 16.4. The van der Waals surface area contributed by atoms with Crippen molar-refractivity contribution >= 4 is 11.9 Å². The van der Waals surface area contributed by atoms with Gasteiger partial charge in [-0.15, -0.1) is 0 Å². The molecule has 1 N–H and O–H groups in total. The third-order valence-electron chi connectivity index (χ3n) is 5.78. The van der Waals surface area contributed by atoms with Crippen molar-refractivity contribution in [1.82, 2.24) is 14.8 Å². The predicted octanol–water partition coefficient (Wildman–Crippen LogP) is 2.18. The van der Waals surface area contributed by atoms with Gasteiger partial charge in [-0.25, -0.2) is 0 Å². The van der Waals surface area contributed by atoms with Crippen LogP contribution in [-0.2, 0) is 4.79 Å². The number of carbonyl (C=O) groups excluding carboxylic acids is 1.